The highest BCUT2D eigenvalue weighted by Crippen LogP contribution is 2.39. The van der Waals surface area contributed by atoms with Crippen LogP contribution < -0.4 is 9.47 Å². The van der Waals surface area contributed by atoms with E-state index in [1.54, 1.807) is 32.7 Å². The Labute approximate surface area is 255 Å². The van der Waals surface area contributed by atoms with Crippen LogP contribution in [0.1, 0.15) is 60.4 Å². The number of carbonyl (C=O) groups is 2. The van der Waals surface area contributed by atoms with Crippen molar-refractivity contribution in [3.05, 3.63) is 77.1 Å². The van der Waals surface area contributed by atoms with Crippen LogP contribution >= 0.6 is 11.6 Å². The summed E-state index contributed by atoms with van der Waals surface area (Å²) in [5, 5.41) is 5.33. The Hall–Kier alpha value is -4.24. The first-order valence-corrected chi connectivity index (χ1v) is 15.0. The average Bonchev–Trinajstić information content (AvgIpc) is 3.78. The van der Waals surface area contributed by atoms with E-state index in [9.17, 15) is 9.59 Å². The Balaban J connectivity index is 1.28. The molecule has 1 atom stereocenters. The third-order valence-corrected chi connectivity index (χ3v) is 8.81. The van der Waals surface area contributed by atoms with Gasteiger partial charge in [-0.15, -0.1) is 0 Å². The number of hydrogen-bond donors (Lipinski definition) is 0. The van der Waals surface area contributed by atoms with Crippen molar-refractivity contribution in [2.45, 2.75) is 57.0 Å². The van der Waals surface area contributed by atoms with E-state index < -0.39 is 0 Å². The standard InChI is InChI=1S/C33H34ClN5O4/c1-42-25-8-9-26-27(20-25)23(18-29(26)40)19-31(41)38(24-5-3-4-6-24)15-16-39-33(22-7-10-30(43-2)28(34)17-22)36-32(37-39)21-11-13-35-14-12-21/h7-14,17,20,23-24H,3-6,15-16,18-19H2,1-2H3. The summed E-state index contributed by atoms with van der Waals surface area (Å²) in [6, 6.07) is 15.0. The van der Waals surface area contributed by atoms with Gasteiger partial charge in [-0.1, -0.05) is 24.4 Å². The topological polar surface area (TPSA) is 99.4 Å². The molecule has 0 bridgehead atoms. The number of methoxy groups -OCH3 is 2. The SMILES string of the molecule is COc1ccc2c(c1)C(CC(=O)N(CCn1nc(-c3ccncc3)nc1-c1ccc(OC)c(Cl)c1)C1CCCC1)CC2=O. The maximum Gasteiger partial charge on any atom is 0.223 e. The van der Waals surface area contributed by atoms with Crippen molar-refractivity contribution in [1.82, 2.24) is 24.6 Å². The molecule has 43 heavy (non-hydrogen) atoms. The van der Waals surface area contributed by atoms with Crippen molar-refractivity contribution in [1.29, 1.82) is 0 Å². The van der Waals surface area contributed by atoms with Gasteiger partial charge < -0.3 is 14.4 Å². The van der Waals surface area contributed by atoms with E-state index in [-0.39, 0.29) is 30.1 Å². The minimum absolute atomic E-state index is 0.0592. The molecule has 10 heteroatoms. The molecule has 2 aliphatic rings. The first-order chi connectivity index (χ1) is 20.9. The first kappa shape index (κ1) is 28.9. The number of carbonyl (C=O) groups excluding carboxylic acids is 2. The third kappa shape index (κ3) is 5.99. The summed E-state index contributed by atoms with van der Waals surface area (Å²) in [6.07, 6.45) is 8.18. The van der Waals surface area contributed by atoms with Crippen LogP contribution in [0.3, 0.4) is 0 Å². The van der Waals surface area contributed by atoms with Gasteiger partial charge in [0.1, 0.15) is 11.5 Å². The van der Waals surface area contributed by atoms with E-state index >= 15 is 0 Å². The lowest BCUT2D eigenvalue weighted by atomic mass is 9.96. The Morgan fingerprint density at radius 2 is 1.81 bits per heavy atom. The summed E-state index contributed by atoms with van der Waals surface area (Å²) in [5.74, 6) is 2.47. The number of nitrogens with zero attached hydrogens (tertiary/aromatic N) is 5. The second kappa shape index (κ2) is 12.6. The minimum Gasteiger partial charge on any atom is -0.497 e. The van der Waals surface area contributed by atoms with Gasteiger partial charge in [-0.05, 0) is 66.9 Å². The van der Waals surface area contributed by atoms with Crippen molar-refractivity contribution in [2.24, 2.45) is 0 Å². The fraction of sp³-hybridized carbons (Fsp3) is 0.364. The second-order valence-corrected chi connectivity index (χ2v) is 11.5. The quantitative estimate of drug-likeness (QED) is 0.214. The Bertz CT molecular complexity index is 1630. The van der Waals surface area contributed by atoms with Crippen LogP contribution in [0, 0.1) is 0 Å². The van der Waals surface area contributed by atoms with E-state index in [2.05, 4.69) is 4.98 Å². The van der Waals surface area contributed by atoms with E-state index in [4.69, 9.17) is 31.2 Å². The predicted molar refractivity (Wildman–Crippen MR) is 164 cm³/mol. The van der Waals surface area contributed by atoms with Crippen LogP contribution in [-0.4, -0.2) is 63.1 Å². The van der Waals surface area contributed by atoms with Crippen LogP contribution in [-0.2, 0) is 11.3 Å². The van der Waals surface area contributed by atoms with Crippen LogP contribution in [0.25, 0.3) is 22.8 Å². The molecule has 4 aromatic rings. The molecule has 0 radical (unpaired) electrons. The highest BCUT2D eigenvalue weighted by molar-refractivity contribution is 6.32. The van der Waals surface area contributed by atoms with Crippen LogP contribution in [0.4, 0.5) is 0 Å². The zero-order valence-electron chi connectivity index (χ0n) is 24.3. The molecule has 0 N–H and O–H groups in total. The number of ether oxygens (including phenoxy) is 2. The molecule has 1 amide bonds. The number of aromatic nitrogens is 4. The molecule has 0 spiro atoms. The average molecular weight is 600 g/mol. The number of hydrogen-bond acceptors (Lipinski definition) is 7. The van der Waals surface area contributed by atoms with Crippen LogP contribution in [0.2, 0.25) is 5.02 Å². The Morgan fingerprint density at radius 1 is 1.02 bits per heavy atom. The zero-order chi connectivity index (χ0) is 29.9. The molecular weight excluding hydrogens is 566 g/mol. The predicted octanol–water partition coefficient (Wildman–Crippen LogP) is 6.21. The number of halogens is 1. The van der Waals surface area contributed by atoms with Crippen molar-refractivity contribution in [3.8, 4) is 34.3 Å². The number of rotatable bonds is 10. The molecule has 1 unspecified atom stereocenters. The maximum atomic E-state index is 14.0. The molecule has 2 aromatic carbocycles. The lowest BCUT2D eigenvalue weighted by Gasteiger charge is -2.30. The number of amides is 1. The lowest BCUT2D eigenvalue weighted by Crippen LogP contribution is -2.41. The van der Waals surface area contributed by atoms with Gasteiger partial charge in [-0.3, -0.25) is 14.6 Å². The van der Waals surface area contributed by atoms with Gasteiger partial charge >= 0.3 is 0 Å². The summed E-state index contributed by atoms with van der Waals surface area (Å²) >= 11 is 6.48. The number of pyridine rings is 1. The second-order valence-electron chi connectivity index (χ2n) is 11.1. The van der Waals surface area contributed by atoms with Gasteiger partial charge in [0.05, 0.1) is 25.8 Å². The molecule has 0 aliphatic heterocycles. The van der Waals surface area contributed by atoms with Crippen LogP contribution in [0.15, 0.2) is 60.9 Å². The van der Waals surface area contributed by atoms with Crippen molar-refractivity contribution < 1.29 is 19.1 Å². The maximum absolute atomic E-state index is 14.0. The minimum atomic E-state index is -0.157. The molecule has 1 saturated carbocycles. The highest BCUT2D eigenvalue weighted by atomic mass is 35.5. The van der Waals surface area contributed by atoms with E-state index in [1.165, 1.54) is 0 Å². The summed E-state index contributed by atoms with van der Waals surface area (Å²) in [4.78, 5) is 37.7. The first-order valence-electron chi connectivity index (χ1n) is 14.6. The van der Waals surface area contributed by atoms with Gasteiger partial charge in [0.25, 0.3) is 0 Å². The van der Waals surface area contributed by atoms with Crippen molar-refractivity contribution in [2.75, 3.05) is 20.8 Å². The Morgan fingerprint density at radius 3 is 2.53 bits per heavy atom. The molecule has 0 saturated heterocycles. The number of benzene rings is 2. The van der Waals surface area contributed by atoms with E-state index in [1.807, 2.05) is 52.0 Å². The molecule has 2 aromatic heterocycles. The lowest BCUT2D eigenvalue weighted by molar-refractivity contribution is -0.134. The van der Waals surface area contributed by atoms with Crippen molar-refractivity contribution in [3.63, 3.8) is 0 Å². The van der Waals surface area contributed by atoms with Gasteiger partial charge in [-0.25, -0.2) is 9.67 Å². The van der Waals surface area contributed by atoms with Crippen LogP contribution in [0.5, 0.6) is 11.5 Å². The third-order valence-electron chi connectivity index (χ3n) is 8.51. The number of ketones is 1. The van der Waals surface area contributed by atoms with Gasteiger partial charge in [-0.2, -0.15) is 5.10 Å². The van der Waals surface area contributed by atoms with Gasteiger partial charge in [0.15, 0.2) is 17.4 Å². The normalized spacial score (nSPS) is 16.3. The Kier molecular flexibility index (Phi) is 8.42. The molecular formula is C33H34ClN5O4. The summed E-state index contributed by atoms with van der Waals surface area (Å²) in [7, 11) is 3.19. The molecule has 222 valence electrons. The molecule has 9 nitrogen and oxygen atoms in total. The zero-order valence-corrected chi connectivity index (χ0v) is 25.1. The van der Waals surface area contributed by atoms with Gasteiger partial charge in [0.2, 0.25) is 5.91 Å². The summed E-state index contributed by atoms with van der Waals surface area (Å²) < 4.78 is 12.6. The fourth-order valence-electron chi connectivity index (χ4n) is 6.28. The van der Waals surface area contributed by atoms with Crippen molar-refractivity contribution >= 4 is 23.3 Å². The summed E-state index contributed by atoms with van der Waals surface area (Å²) in [5.41, 5.74) is 3.24. The molecule has 2 aliphatic carbocycles. The van der Waals surface area contributed by atoms with Gasteiger partial charge in [0, 0.05) is 60.4 Å². The van der Waals surface area contributed by atoms with E-state index in [0.29, 0.717) is 53.2 Å². The smallest absolute Gasteiger partial charge is 0.223 e. The molecule has 2 heterocycles. The number of Topliss-reactive ketones (excluding diaryl/α,β-unsaturated/α-hetero) is 1. The molecule has 1 fully saturated rings. The number of fused-ring (bicyclic) bond motifs is 1. The summed E-state index contributed by atoms with van der Waals surface area (Å²) in [6.45, 7) is 0.929. The molecule has 6 rings (SSSR count). The largest absolute Gasteiger partial charge is 0.497 e. The fourth-order valence-corrected chi connectivity index (χ4v) is 6.54. The van der Waals surface area contributed by atoms with E-state index in [0.717, 1.165) is 42.4 Å². The highest BCUT2D eigenvalue weighted by Gasteiger charge is 2.34. The monoisotopic (exact) mass is 599 g/mol.